The minimum absolute atomic E-state index is 0.0216. The van der Waals surface area contributed by atoms with Crippen molar-refractivity contribution in [2.75, 3.05) is 44.3 Å². The van der Waals surface area contributed by atoms with Gasteiger partial charge in [0, 0.05) is 44.6 Å². The van der Waals surface area contributed by atoms with Crippen molar-refractivity contribution < 1.29 is 22.8 Å². The van der Waals surface area contributed by atoms with E-state index in [0.29, 0.717) is 43.4 Å². The van der Waals surface area contributed by atoms with Crippen LogP contribution in [-0.4, -0.2) is 61.3 Å². The highest BCUT2D eigenvalue weighted by molar-refractivity contribution is 6.04. The first-order valence-electron chi connectivity index (χ1n) is 9.10. The molecule has 0 unspecified atom stereocenters. The molecular formula is C19H21F2N3O3. The fraction of sp³-hybridized carbons (Fsp3) is 0.474. The van der Waals surface area contributed by atoms with Crippen molar-refractivity contribution in [3.8, 4) is 11.3 Å². The zero-order valence-electron chi connectivity index (χ0n) is 14.9. The highest BCUT2D eigenvalue weighted by Gasteiger charge is 2.38. The van der Waals surface area contributed by atoms with Gasteiger partial charge in [-0.2, -0.15) is 0 Å². The third-order valence-corrected chi connectivity index (χ3v) is 5.02. The number of likely N-dealkylation sites (tertiary alicyclic amines) is 1. The van der Waals surface area contributed by atoms with Crippen LogP contribution >= 0.6 is 0 Å². The highest BCUT2D eigenvalue weighted by Crippen LogP contribution is 2.35. The van der Waals surface area contributed by atoms with Crippen LogP contribution in [0, 0.1) is 0 Å². The Hall–Kier alpha value is -2.48. The minimum Gasteiger partial charge on any atom is -0.378 e. The first kappa shape index (κ1) is 17.9. The Balaban J connectivity index is 1.70. The summed E-state index contributed by atoms with van der Waals surface area (Å²) in [5.74, 6) is -2.19. The number of carbonyl (C=O) groups is 1. The van der Waals surface area contributed by atoms with Crippen LogP contribution in [0.1, 0.15) is 23.2 Å². The maximum atomic E-state index is 13.5. The average molecular weight is 377 g/mol. The number of amides is 1. The predicted octanol–water partition coefficient (Wildman–Crippen LogP) is 3.05. The van der Waals surface area contributed by atoms with Crippen LogP contribution in [0.25, 0.3) is 11.3 Å². The molecule has 144 valence electrons. The van der Waals surface area contributed by atoms with Gasteiger partial charge >= 0.3 is 0 Å². The second kappa shape index (κ2) is 7.26. The molecule has 2 saturated heterocycles. The van der Waals surface area contributed by atoms with Gasteiger partial charge in [0.25, 0.3) is 11.8 Å². The number of anilines is 1. The van der Waals surface area contributed by atoms with Crippen LogP contribution in [0.3, 0.4) is 0 Å². The van der Waals surface area contributed by atoms with Gasteiger partial charge in [0.2, 0.25) is 0 Å². The maximum Gasteiger partial charge on any atom is 0.261 e. The molecule has 0 saturated carbocycles. The topological polar surface area (TPSA) is 58.8 Å². The third-order valence-electron chi connectivity index (χ3n) is 5.02. The fourth-order valence-corrected chi connectivity index (χ4v) is 3.45. The Morgan fingerprint density at radius 1 is 1.04 bits per heavy atom. The molecule has 1 aromatic carbocycles. The van der Waals surface area contributed by atoms with E-state index in [1.54, 1.807) is 0 Å². The van der Waals surface area contributed by atoms with Crippen molar-refractivity contribution in [2.45, 2.75) is 18.8 Å². The quantitative estimate of drug-likeness (QED) is 0.823. The molecule has 8 heteroatoms. The lowest BCUT2D eigenvalue weighted by atomic mass is 10.0. The summed E-state index contributed by atoms with van der Waals surface area (Å²) in [6.45, 7) is 2.31. The molecule has 4 rings (SSSR count). The van der Waals surface area contributed by atoms with E-state index in [0.717, 1.165) is 5.56 Å². The van der Waals surface area contributed by atoms with E-state index in [9.17, 15) is 13.6 Å². The number of benzene rings is 1. The molecule has 0 spiro atoms. The Bertz CT molecular complexity index is 794. The van der Waals surface area contributed by atoms with Gasteiger partial charge in [0.05, 0.1) is 13.2 Å². The second-order valence-corrected chi connectivity index (χ2v) is 6.82. The normalized spacial score (nSPS) is 19.9. The first-order valence-corrected chi connectivity index (χ1v) is 9.10. The van der Waals surface area contributed by atoms with Crippen molar-refractivity contribution in [3.63, 3.8) is 0 Å². The van der Waals surface area contributed by atoms with Crippen molar-refractivity contribution in [1.82, 2.24) is 10.1 Å². The predicted molar refractivity (Wildman–Crippen MR) is 95.1 cm³/mol. The molecule has 0 radical (unpaired) electrons. The molecule has 2 aliphatic rings. The minimum atomic E-state index is -2.71. The summed E-state index contributed by atoms with van der Waals surface area (Å²) in [6, 6.07) is 9.25. The number of piperidine rings is 1. The summed E-state index contributed by atoms with van der Waals surface area (Å²) in [4.78, 5) is 16.7. The zero-order chi connectivity index (χ0) is 18.9. The molecule has 0 N–H and O–H groups in total. The van der Waals surface area contributed by atoms with Gasteiger partial charge in [0.15, 0.2) is 11.6 Å². The number of carbonyl (C=O) groups excluding carboxylic acids is 1. The van der Waals surface area contributed by atoms with E-state index in [-0.39, 0.29) is 31.8 Å². The summed E-state index contributed by atoms with van der Waals surface area (Å²) in [5, 5.41) is 4.16. The van der Waals surface area contributed by atoms with E-state index in [1.807, 2.05) is 35.2 Å². The van der Waals surface area contributed by atoms with E-state index in [2.05, 4.69) is 5.16 Å². The van der Waals surface area contributed by atoms with Crippen molar-refractivity contribution >= 4 is 11.7 Å². The van der Waals surface area contributed by atoms with Gasteiger partial charge in [-0.15, -0.1) is 0 Å². The van der Waals surface area contributed by atoms with E-state index in [1.165, 1.54) is 4.90 Å². The zero-order valence-corrected chi connectivity index (χ0v) is 14.9. The number of hydrogen-bond acceptors (Lipinski definition) is 5. The number of alkyl halides is 2. The Morgan fingerprint density at radius 2 is 1.70 bits per heavy atom. The summed E-state index contributed by atoms with van der Waals surface area (Å²) in [7, 11) is 0. The van der Waals surface area contributed by atoms with Crippen molar-refractivity contribution in [1.29, 1.82) is 0 Å². The molecule has 0 atom stereocenters. The van der Waals surface area contributed by atoms with Crippen LogP contribution in [0.4, 0.5) is 14.6 Å². The Morgan fingerprint density at radius 3 is 2.37 bits per heavy atom. The lowest BCUT2D eigenvalue weighted by Gasteiger charge is -2.32. The molecule has 1 amide bonds. The van der Waals surface area contributed by atoms with E-state index < -0.39 is 5.92 Å². The van der Waals surface area contributed by atoms with Crippen LogP contribution in [-0.2, 0) is 4.74 Å². The fourth-order valence-electron chi connectivity index (χ4n) is 3.45. The van der Waals surface area contributed by atoms with Gasteiger partial charge in [-0.05, 0) is 0 Å². The molecule has 6 nitrogen and oxygen atoms in total. The molecule has 0 aliphatic carbocycles. The van der Waals surface area contributed by atoms with Gasteiger partial charge < -0.3 is 19.1 Å². The van der Waals surface area contributed by atoms with Gasteiger partial charge in [-0.3, -0.25) is 4.79 Å². The second-order valence-electron chi connectivity index (χ2n) is 6.82. The van der Waals surface area contributed by atoms with Crippen molar-refractivity contribution in [2.24, 2.45) is 0 Å². The lowest BCUT2D eigenvalue weighted by molar-refractivity contribution is -0.0494. The SMILES string of the molecule is O=C(c1c(N2CCOCC2)noc1-c1ccccc1)N1CCC(F)(F)CC1. The highest BCUT2D eigenvalue weighted by atomic mass is 19.3. The molecule has 0 bridgehead atoms. The van der Waals surface area contributed by atoms with Gasteiger partial charge in [-0.25, -0.2) is 8.78 Å². The van der Waals surface area contributed by atoms with Gasteiger partial charge in [0.1, 0.15) is 5.56 Å². The number of halogens is 2. The van der Waals surface area contributed by atoms with E-state index in [4.69, 9.17) is 9.26 Å². The summed E-state index contributed by atoms with van der Waals surface area (Å²) >= 11 is 0. The van der Waals surface area contributed by atoms with Crippen LogP contribution in [0.5, 0.6) is 0 Å². The summed E-state index contributed by atoms with van der Waals surface area (Å²) in [5.41, 5.74) is 1.07. The Labute approximate surface area is 155 Å². The third kappa shape index (κ3) is 3.66. The van der Waals surface area contributed by atoms with Crippen LogP contribution < -0.4 is 4.90 Å². The largest absolute Gasteiger partial charge is 0.378 e. The first-order chi connectivity index (χ1) is 13.1. The van der Waals surface area contributed by atoms with Gasteiger partial charge in [-0.1, -0.05) is 35.5 Å². The van der Waals surface area contributed by atoms with Crippen LogP contribution in [0.15, 0.2) is 34.9 Å². The monoisotopic (exact) mass is 377 g/mol. The molecular weight excluding hydrogens is 356 g/mol. The number of ether oxygens (including phenoxy) is 1. The number of morpholine rings is 1. The van der Waals surface area contributed by atoms with Crippen molar-refractivity contribution in [3.05, 3.63) is 35.9 Å². The lowest BCUT2D eigenvalue weighted by Crippen LogP contribution is -2.43. The number of hydrogen-bond donors (Lipinski definition) is 0. The summed E-state index contributed by atoms with van der Waals surface area (Å²) in [6.07, 6.45) is -0.644. The molecule has 27 heavy (non-hydrogen) atoms. The standard InChI is InChI=1S/C19H21F2N3O3/c20-19(21)6-8-24(9-7-19)18(25)15-16(14-4-2-1-3-5-14)27-22-17(15)23-10-12-26-13-11-23/h1-5H,6-13H2. The van der Waals surface area contributed by atoms with E-state index >= 15 is 0 Å². The molecule has 2 aliphatic heterocycles. The number of aromatic nitrogens is 1. The molecule has 2 fully saturated rings. The maximum absolute atomic E-state index is 13.5. The number of nitrogens with zero attached hydrogens (tertiary/aromatic N) is 3. The molecule has 3 heterocycles. The Kier molecular flexibility index (Phi) is 4.82. The summed E-state index contributed by atoms with van der Waals surface area (Å²) < 4.78 is 37.9. The number of rotatable bonds is 3. The average Bonchev–Trinajstić information content (AvgIpc) is 3.14. The smallest absolute Gasteiger partial charge is 0.261 e. The molecule has 1 aromatic heterocycles. The molecule has 2 aromatic rings. The van der Waals surface area contributed by atoms with Crippen LogP contribution in [0.2, 0.25) is 0 Å².